The van der Waals surface area contributed by atoms with E-state index in [0.29, 0.717) is 6.67 Å². The standard InChI is InChI=1S/C9H9N3.2CH3.Lr/c1-11-6-7-12(8-11)9-2-4-10-5-3-9;;;/h2,4-8H,1H3;2*1H3;. The van der Waals surface area contributed by atoms with Gasteiger partial charge in [-0.2, -0.15) is 0 Å². The topological polar surface area (TPSA) is 19.4 Å². The molecule has 0 fully saturated rings. The Morgan fingerprint density at radius 3 is 2.93 bits per heavy atom. The molecule has 0 aliphatic carbocycles. The molecule has 1 atom stereocenters. The average Bonchev–Trinajstić information content (AvgIpc) is 2.69. The summed E-state index contributed by atoms with van der Waals surface area (Å²) in [6.45, 7) is 0.573. The van der Waals surface area contributed by atoms with Gasteiger partial charge in [0, 0.05) is 0 Å². The molecule has 0 radical (unpaired) electrons. The number of nitrogens with zero attached hydrogens (tertiary/aromatic N) is 3. The zero-order valence-electron chi connectivity index (χ0n) is 9.06. The van der Waals surface area contributed by atoms with E-state index in [0.717, 1.165) is 0 Å². The second-order valence-corrected chi connectivity index (χ2v) is 13.4. The van der Waals surface area contributed by atoms with Crippen LogP contribution in [0.1, 0.15) is 0 Å². The van der Waals surface area contributed by atoms with Crippen molar-refractivity contribution in [1.29, 1.82) is 0 Å². The summed E-state index contributed by atoms with van der Waals surface area (Å²) in [4.78, 5) is 9.03. The SMILES string of the molecule is CN1C=CN2c3ccnc[c]3[Lr]([CH3])([CH3])[CH]12. The molecule has 4 heteroatoms. The number of rotatable bonds is 0. The van der Waals surface area contributed by atoms with Gasteiger partial charge in [-0.05, 0) is 0 Å². The van der Waals surface area contributed by atoms with Crippen molar-refractivity contribution in [3.05, 3.63) is 30.9 Å². The van der Waals surface area contributed by atoms with Gasteiger partial charge in [0.25, 0.3) is 0 Å². The number of pyridine rings is 1. The van der Waals surface area contributed by atoms with Crippen molar-refractivity contribution in [2.75, 3.05) is 11.9 Å². The summed E-state index contributed by atoms with van der Waals surface area (Å²) < 4.78 is -1.81. The summed E-state index contributed by atoms with van der Waals surface area (Å²) in [5, 5.41) is 0. The van der Waals surface area contributed by atoms with E-state index in [4.69, 9.17) is 0 Å². The Balaban J connectivity index is 2.22. The van der Waals surface area contributed by atoms with Crippen LogP contribution in [0, 0.1) is 0 Å². The molecule has 89 valence electrons. The van der Waals surface area contributed by atoms with Gasteiger partial charge < -0.3 is 0 Å². The molecule has 1 aromatic rings. The first kappa shape index (κ1) is 7.85. The molecule has 3 rings (SSSR count). The zero-order valence-corrected chi connectivity index (χ0v) is 11.2. The first-order valence-electron chi connectivity index (χ1n) is 4.51. The van der Waals surface area contributed by atoms with Gasteiger partial charge in [-0.3, -0.25) is 0 Å². The van der Waals surface area contributed by atoms with Gasteiger partial charge in [-0.25, -0.2) is 0 Å². The van der Waals surface area contributed by atoms with Crippen molar-refractivity contribution >= 4 is 11.8 Å². The number of anilines is 1. The van der Waals surface area contributed by atoms with Crippen molar-refractivity contribution in [3.8, 4) is 0 Å². The van der Waals surface area contributed by atoms with Crippen molar-refractivity contribution in [2.45, 2.75) is 21.5 Å². The van der Waals surface area contributed by atoms with Crippen LogP contribution in [0.3, 0.4) is 0 Å². The fraction of sp³-hybridized carbons (Fsp3) is 0.364. The summed E-state index contributed by atoms with van der Waals surface area (Å²) in [7, 11) is 7.08. The fourth-order valence-electron chi connectivity index (χ4n) is 1.99. The molecule has 3 nitrogen and oxygen atoms in total. The van der Waals surface area contributed by atoms with Crippen LogP contribution in [0.2, 0.25) is 14.9 Å². The van der Waals surface area contributed by atoms with Gasteiger partial charge in [-0.1, -0.05) is 0 Å². The molecule has 1 unspecified atom stereocenters. The van der Waals surface area contributed by atoms with Crippen LogP contribution < -0.4 is 11.0 Å². The van der Waals surface area contributed by atoms with Crippen LogP contribution in [-0.4, -0.2) is 23.6 Å². The van der Waals surface area contributed by atoms with Gasteiger partial charge in [-0.15, -0.1) is 0 Å². The Hall–Kier alpha value is -2.51. The maximum absolute atomic E-state index is 4.28. The molecular weight excluding hydrogens is 436 g/mol. The van der Waals surface area contributed by atoms with Crippen LogP contribution in [0.4, 0.5) is 5.69 Å². The normalized spacial score (nSPS) is 25.7. The molecule has 0 N–H and O–H groups in total. The van der Waals surface area contributed by atoms with E-state index in [1.165, 1.54) is 11.8 Å². The zero-order chi connectivity index (χ0) is 10.6. The Labute approximate surface area is 86.7 Å². The summed E-state index contributed by atoms with van der Waals surface area (Å²) in [5.74, 6) is 0. The summed E-state index contributed by atoms with van der Waals surface area (Å²) >= 11 is 0. The average molecular weight is 451 g/mol. The van der Waals surface area contributed by atoms with Gasteiger partial charge in [0.2, 0.25) is 0 Å². The van der Waals surface area contributed by atoms with E-state index in [1.54, 1.807) is 0 Å². The number of hydrogen-bond acceptors (Lipinski definition) is 3. The van der Waals surface area contributed by atoms with E-state index in [-0.39, 0.29) is 0 Å². The molecule has 0 saturated carbocycles. The van der Waals surface area contributed by atoms with Crippen molar-refractivity contribution < 1.29 is 0 Å². The summed E-state index contributed by atoms with van der Waals surface area (Å²) in [6, 6.07) is 3.65. The van der Waals surface area contributed by atoms with E-state index in [1.807, 2.05) is 6.20 Å². The van der Waals surface area contributed by atoms with Gasteiger partial charge in [0.15, 0.2) is 0 Å². The molecule has 3 heterocycles. The predicted octanol–water partition coefficient (Wildman–Crippen LogP) is 1.48. The van der Waals surface area contributed by atoms with Crippen LogP contribution in [-0.2, 0) is 0 Å². The van der Waals surface area contributed by atoms with Gasteiger partial charge in [0.05, 0.1) is 0 Å². The number of fused-ring (bicyclic) bond motifs is 3. The van der Waals surface area contributed by atoms with Crippen molar-refractivity contribution in [1.82, 2.24) is 9.88 Å². The first-order valence-corrected chi connectivity index (χ1v) is 11.1. The molecule has 0 aromatic carbocycles. The van der Waals surface area contributed by atoms with Crippen molar-refractivity contribution in [2.24, 2.45) is 0 Å². The summed E-state index contributed by atoms with van der Waals surface area (Å²) in [6.07, 6.45) is 8.34. The maximum atomic E-state index is 4.28. The Bertz CT molecular complexity index is 441. The third kappa shape index (κ3) is 0.736. The van der Waals surface area contributed by atoms with Crippen molar-refractivity contribution in [3.63, 3.8) is 0 Å². The number of hydrogen-bond donors (Lipinski definition) is 0. The Morgan fingerprint density at radius 1 is 1.33 bits per heavy atom. The minimum absolute atomic E-state index is 0.573. The third-order valence-electron chi connectivity index (χ3n) is 2.62. The molecule has 0 spiro atoms. The molecule has 15 heavy (non-hydrogen) atoms. The van der Waals surface area contributed by atoms with Gasteiger partial charge >= 0.3 is 86.0 Å². The summed E-state index contributed by atoms with van der Waals surface area (Å²) in [5.41, 5.74) is 1.37. The minimum atomic E-state index is -1.81. The molecule has 0 amide bonds. The predicted molar refractivity (Wildman–Crippen MR) is 58.8 cm³/mol. The molecule has 2 aliphatic rings. The third-order valence-corrected chi connectivity index (χ3v) is 10.7. The van der Waals surface area contributed by atoms with Gasteiger partial charge in [0.1, 0.15) is 0 Å². The second kappa shape index (κ2) is 2.11. The fourth-order valence-corrected chi connectivity index (χ4v) is 9.69. The molecule has 0 saturated heterocycles. The number of aromatic nitrogens is 1. The Kier molecular flexibility index (Phi) is 1.10. The van der Waals surface area contributed by atoms with Crippen LogP contribution in [0.25, 0.3) is 0 Å². The second-order valence-electron chi connectivity index (χ2n) is 3.77. The van der Waals surface area contributed by atoms with E-state index in [9.17, 15) is 0 Å². The molecular formula is C11H15LrN3. The monoisotopic (exact) mass is 451 g/mol. The van der Waals surface area contributed by atoms with E-state index < -0.39 is 0 Å². The van der Waals surface area contributed by atoms with Crippen LogP contribution >= 0.6 is 0 Å². The Morgan fingerprint density at radius 2 is 2.13 bits per heavy atom. The van der Waals surface area contributed by atoms with Crippen LogP contribution in [0.15, 0.2) is 30.9 Å². The molecule has 0 bridgehead atoms. The first-order chi connectivity index (χ1) is 7.12. The van der Waals surface area contributed by atoms with E-state index >= 15 is 0 Å². The van der Waals surface area contributed by atoms with E-state index in [2.05, 4.69) is 61.3 Å². The van der Waals surface area contributed by atoms with Crippen LogP contribution in [0.5, 0.6) is 0 Å². The molecule has 2 aliphatic heterocycles. The molecule has 1 aromatic heterocycles. The quantitative estimate of drug-likeness (QED) is 0.596.